The van der Waals surface area contributed by atoms with Gasteiger partial charge in [0.15, 0.2) is 5.72 Å². The fraction of sp³-hybridized carbons (Fsp3) is 0.647. The molecule has 102 valence electrons. The van der Waals surface area contributed by atoms with Crippen LogP contribution in [0.1, 0.15) is 45.6 Å². The van der Waals surface area contributed by atoms with Crippen LogP contribution in [0, 0.1) is 16.7 Å². The Morgan fingerprint density at radius 1 is 1.21 bits per heavy atom. The molecule has 3 fully saturated rings. The molecule has 2 aliphatic carbocycles. The van der Waals surface area contributed by atoms with Gasteiger partial charge in [0.25, 0.3) is 0 Å². The molecule has 1 aromatic rings. The Morgan fingerprint density at radius 2 is 1.95 bits per heavy atom. The van der Waals surface area contributed by atoms with E-state index in [0.717, 1.165) is 12.5 Å². The van der Waals surface area contributed by atoms with Crippen LogP contribution in [0.5, 0.6) is 0 Å². The topological polar surface area (TPSA) is 15.5 Å². The van der Waals surface area contributed by atoms with Crippen LogP contribution in [0.2, 0.25) is 0 Å². The van der Waals surface area contributed by atoms with Crippen molar-refractivity contribution in [2.75, 3.05) is 0 Å². The molecule has 1 aromatic carbocycles. The lowest BCUT2D eigenvalue weighted by Crippen LogP contribution is -2.46. The van der Waals surface area contributed by atoms with Crippen molar-refractivity contribution in [1.29, 1.82) is 0 Å². The Morgan fingerprint density at radius 3 is 2.58 bits per heavy atom. The standard InChI is InChI=1S/C17H23NO/c1-15(2)14-9-10-16(3,11-14)17(15)18(19-17)12-13-7-5-4-6-8-13/h4-8,14H,9-12H2,1-3H3. The van der Waals surface area contributed by atoms with Crippen molar-refractivity contribution in [3.05, 3.63) is 35.9 Å². The van der Waals surface area contributed by atoms with Gasteiger partial charge in [0, 0.05) is 10.8 Å². The van der Waals surface area contributed by atoms with Gasteiger partial charge in [0.1, 0.15) is 0 Å². The first kappa shape index (κ1) is 11.9. The molecule has 2 heteroatoms. The van der Waals surface area contributed by atoms with Crippen LogP contribution in [0.3, 0.4) is 0 Å². The van der Waals surface area contributed by atoms with Gasteiger partial charge in [0.2, 0.25) is 0 Å². The van der Waals surface area contributed by atoms with Crippen molar-refractivity contribution in [1.82, 2.24) is 5.06 Å². The zero-order valence-corrected chi connectivity index (χ0v) is 12.1. The van der Waals surface area contributed by atoms with Crippen LogP contribution < -0.4 is 0 Å². The van der Waals surface area contributed by atoms with Crippen molar-refractivity contribution in [2.24, 2.45) is 16.7 Å². The third kappa shape index (κ3) is 1.29. The van der Waals surface area contributed by atoms with Gasteiger partial charge in [0.05, 0.1) is 6.54 Å². The van der Waals surface area contributed by atoms with Gasteiger partial charge in [-0.25, -0.2) is 0 Å². The molecule has 0 aromatic heterocycles. The molecule has 1 heterocycles. The van der Waals surface area contributed by atoms with E-state index >= 15 is 0 Å². The maximum atomic E-state index is 6.25. The van der Waals surface area contributed by atoms with E-state index in [1.54, 1.807) is 0 Å². The maximum absolute atomic E-state index is 6.25. The lowest BCUT2D eigenvalue weighted by Gasteiger charge is -2.39. The Balaban J connectivity index is 1.63. The first-order valence-electron chi connectivity index (χ1n) is 7.50. The number of hydrogen-bond acceptors (Lipinski definition) is 2. The van der Waals surface area contributed by atoms with E-state index in [1.807, 2.05) is 0 Å². The Kier molecular flexibility index (Phi) is 2.15. The quantitative estimate of drug-likeness (QED) is 0.745. The summed E-state index contributed by atoms with van der Waals surface area (Å²) in [5.41, 5.74) is 1.99. The van der Waals surface area contributed by atoms with E-state index in [-0.39, 0.29) is 11.1 Å². The number of rotatable bonds is 2. The molecule has 0 N–H and O–H groups in total. The minimum atomic E-state index is -0.00123. The first-order chi connectivity index (χ1) is 9.00. The summed E-state index contributed by atoms with van der Waals surface area (Å²) in [6.07, 6.45) is 4.05. The highest BCUT2D eigenvalue weighted by Crippen LogP contribution is 2.76. The van der Waals surface area contributed by atoms with E-state index in [0.29, 0.717) is 5.41 Å². The molecule has 19 heavy (non-hydrogen) atoms. The predicted molar refractivity (Wildman–Crippen MR) is 75.0 cm³/mol. The van der Waals surface area contributed by atoms with Gasteiger partial charge in [-0.3, -0.25) is 4.84 Å². The molecule has 2 bridgehead atoms. The fourth-order valence-electron chi connectivity index (χ4n) is 5.10. The summed E-state index contributed by atoms with van der Waals surface area (Å²) in [7, 11) is 0. The van der Waals surface area contributed by atoms with Gasteiger partial charge >= 0.3 is 0 Å². The number of hydrogen-bond donors (Lipinski definition) is 0. The summed E-state index contributed by atoms with van der Waals surface area (Å²) in [5.74, 6) is 0.832. The van der Waals surface area contributed by atoms with Gasteiger partial charge in [-0.05, 0) is 30.7 Å². The van der Waals surface area contributed by atoms with E-state index < -0.39 is 0 Å². The Labute approximate surface area is 115 Å². The Bertz CT molecular complexity index is 504. The maximum Gasteiger partial charge on any atom is 0.175 e. The van der Waals surface area contributed by atoms with Crippen molar-refractivity contribution >= 4 is 0 Å². The number of hydroxylamine groups is 2. The van der Waals surface area contributed by atoms with Crippen LogP contribution in [0.4, 0.5) is 0 Å². The van der Waals surface area contributed by atoms with Crippen LogP contribution in [-0.4, -0.2) is 10.8 Å². The van der Waals surface area contributed by atoms with Gasteiger partial charge < -0.3 is 0 Å². The molecule has 0 radical (unpaired) electrons. The predicted octanol–water partition coefficient (Wildman–Crippen LogP) is 3.98. The molecule has 1 saturated heterocycles. The van der Waals surface area contributed by atoms with Crippen LogP contribution in [0.15, 0.2) is 30.3 Å². The number of nitrogens with zero attached hydrogens (tertiary/aromatic N) is 1. The summed E-state index contributed by atoms with van der Waals surface area (Å²) in [6, 6.07) is 10.7. The second-order valence-corrected chi connectivity index (χ2v) is 7.48. The molecule has 1 aliphatic heterocycles. The normalized spacial score (nSPS) is 45.8. The fourth-order valence-corrected chi connectivity index (χ4v) is 5.10. The second kappa shape index (κ2) is 3.42. The molecule has 0 amide bonds. The largest absolute Gasteiger partial charge is 0.270 e. The molecule has 1 spiro atoms. The molecule has 2 saturated carbocycles. The summed E-state index contributed by atoms with van der Waals surface area (Å²) < 4.78 is 0. The minimum Gasteiger partial charge on any atom is -0.270 e. The first-order valence-corrected chi connectivity index (χ1v) is 7.50. The highest BCUT2D eigenvalue weighted by molar-refractivity contribution is 5.23. The molecular weight excluding hydrogens is 234 g/mol. The van der Waals surface area contributed by atoms with Crippen molar-refractivity contribution in [3.63, 3.8) is 0 Å². The van der Waals surface area contributed by atoms with Crippen LogP contribution in [-0.2, 0) is 11.4 Å². The van der Waals surface area contributed by atoms with E-state index in [4.69, 9.17) is 4.84 Å². The van der Waals surface area contributed by atoms with Crippen molar-refractivity contribution in [3.8, 4) is 0 Å². The molecular formula is C17H23NO. The lowest BCUT2D eigenvalue weighted by atomic mass is 9.66. The third-order valence-corrected chi connectivity index (χ3v) is 6.18. The second-order valence-electron chi connectivity index (χ2n) is 7.48. The molecule has 4 unspecified atom stereocenters. The molecule has 4 rings (SSSR count). The third-order valence-electron chi connectivity index (χ3n) is 6.18. The molecule has 2 nitrogen and oxygen atoms in total. The monoisotopic (exact) mass is 257 g/mol. The van der Waals surface area contributed by atoms with Gasteiger partial charge in [-0.15, -0.1) is 5.06 Å². The summed E-state index contributed by atoms with van der Waals surface area (Å²) in [4.78, 5) is 6.25. The number of benzene rings is 1. The summed E-state index contributed by atoms with van der Waals surface area (Å²) in [5, 5.41) is 2.27. The van der Waals surface area contributed by atoms with E-state index in [9.17, 15) is 0 Å². The van der Waals surface area contributed by atoms with E-state index in [1.165, 1.54) is 24.8 Å². The lowest BCUT2D eigenvalue weighted by molar-refractivity contribution is 0.0293. The van der Waals surface area contributed by atoms with Crippen molar-refractivity contribution < 1.29 is 4.84 Å². The summed E-state index contributed by atoms with van der Waals surface area (Å²) >= 11 is 0. The Hall–Kier alpha value is -0.860. The SMILES string of the molecule is CC12CCC(C1)C(C)(C)C21ON1Cc1ccccc1. The van der Waals surface area contributed by atoms with Crippen LogP contribution in [0.25, 0.3) is 0 Å². The highest BCUT2D eigenvalue weighted by Gasteiger charge is 2.80. The molecule has 3 aliphatic rings. The minimum absolute atomic E-state index is 0.00123. The van der Waals surface area contributed by atoms with Gasteiger partial charge in [-0.2, -0.15) is 0 Å². The average molecular weight is 257 g/mol. The smallest absolute Gasteiger partial charge is 0.175 e. The highest BCUT2D eigenvalue weighted by atomic mass is 16.9. The average Bonchev–Trinajstić information content (AvgIpc) is 2.92. The van der Waals surface area contributed by atoms with Gasteiger partial charge in [-0.1, -0.05) is 51.1 Å². The van der Waals surface area contributed by atoms with E-state index in [2.05, 4.69) is 56.2 Å². The van der Waals surface area contributed by atoms with Crippen molar-refractivity contribution in [2.45, 2.75) is 52.3 Å². The van der Waals surface area contributed by atoms with Crippen LogP contribution >= 0.6 is 0 Å². The molecule has 4 atom stereocenters. The zero-order chi connectivity index (χ0) is 13.3. The number of fused-ring (bicyclic) bond motifs is 3. The zero-order valence-electron chi connectivity index (χ0n) is 12.1. The summed E-state index contributed by atoms with van der Waals surface area (Å²) in [6.45, 7) is 8.18.